The fourth-order valence-corrected chi connectivity index (χ4v) is 13.3. The Hall–Kier alpha value is -1.36. The number of aliphatic hydroxyl groups excluding tert-OH is 1. The molecule has 6 fully saturated rings. The van der Waals surface area contributed by atoms with Crippen molar-refractivity contribution in [2.75, 3.05) is 6.61 Å². The van der Waals surface area contributed by atoms with E-state index in [1.807, 2.05) is 0 Å². The molecule has 1 aliphatic heterocycles. The number of carbonyl (C=O) groups excluding carboxylic acids is 2. The van der Waals surface area contributed by atoms with Gasteiger partial charge in [-0.2, -0.15) is 0 Å². The Labute approximate surface area is 248 Å². The van der Waals surface area contributed by atoms with Crippen molar-refractivity contribution in [1.82, 2.24) is 0 Å². The summed E-state index contributed by atoms with van der Waals surface area (Å²) < 4.78 is 11.3. The maximum atomic E-state index is 12.7. The first-order chi connectivity index (χ1) is 19.1. The molecule has 230 valence electrons. The fourth-order valence-electron chi connectivity index (χ4n) is 13.3. The lowest BCUT2D eigenvalue weighted by molar-refractivity contribution is -0.256. The standard InChI is InChI=1S/C36H56O5/c1-21(2)23-11-17-36(30(38)24-14-20-40-31(24)39)19-18-34(7)25(29(23)36)9-10-27-33(6)15-13-28(41-22(3)37)32(4,5)26(33)12-16-35(27,34)8/h23-30,38H,1,9-20H2,2-8H3/t23-,24+,25+,26-,27+,28-,29+,30+,33-,34+,35+,36-/m0/s1. The molecule has 41 heavy (non-hydrogen) atoms. The number of hydrogen-bond acceptors (Lipinski definition) is 5. The van der Waals surface area contributed by atoms with E-state index >= 15 is 0 Å². The molecule has 0 spiro atoms. The van der Waals surface area contributed by atoms with Crippen molar-refractivity contribution in [3.05, 3.63) is 12.2 Å². The smallest absolute Gasteiger partial charge is 0.311 e. The average molecular weight is 569 g/mol. The molecular weight excluding hydrogens is 512 g/mol. The minimum Gasteiger partial charge on any atom is -0.465 e. The van der Waals surface area contributed by atoms with Crippen LogP contribution < -0.4 is 0 Å². The zero-order valence-electron chi connectivity index (χ0n) is 26.9. The van der Waals surface area contributed by atoms with Gasteiger partial charge < -0.3 is 14.6 Å². The molecule has 12 atom stereocenters. The lowest BCUT2D eigenvalue weighted by atomic mass is 9.32. The predicted octanol–water partition coefficient (Wildman–Crippen LogP) is 7.50. The lowest BCUT2D eigenvalue weighted by Crippen LogP contribution is -2.67. The van der Waals surface area contributed by atoms with E-state index < -0.39 is 6.10 Å². The van der Waals surface area contributed by atoms with Crippen LogP contribution in [0.2, 0.25) is 0 Å². The summed E-state index contributed by atoms with van der Waals surface area (Å²) in [5, 5.41) is 12.0. The Balaban J connectivity index is 1.36. The van der Waals surface area contributed by atoms with Crippen molar-refractivity contribution < 1.29 is 24.2 Å². The summed E-state index contributed by atoms with van der Waals surface area (Å²) in [4.78, 5) is 24.7. The molecule has 6 rings (SSSR count). The Bertz CT molecular complexity index is 1110. The van der Waals surface area contributed by atoms with Crippen LogP contribution in [0.5, 0.6) is 0 Å². The second kappa shape index (κ2) is 9.57. The van der Waals surface area contributed by atoms with Gasteiger partial charge in [0, 0.05) is 17.8 Å². The third-order valence-corrected chi connectivity index (χ3v) is 15.3. The zero-order valence-corrected chi connectivity index (χ0v) is 26.9. The van der Waals surface area contributed by atoms with Crippen molar-refractivity contribution in [2.45, 2.75) is 131 Å². The Morgan fingerprint density at radius 1 is 0.902 bits per heavy atom. The van der Waals surface area contributed by atoms with Crippen molar-refractivity contribution in [2.24, 2.45) is 62.6 Å². The molecule has 6 aliphatic rings. The van der Waals surface area contributed by atoms with Crippen LogP contribution in [0.4, 0.5) is 0 Å². The maximum Gasteiger partial charge on any atom is 0.311 e. The first-order valence-corrected chi connectivity index (χ1v) is 16.8. The molecule has 0 radical (unpaired) electrons. The summed E-state index contributed by atoms with van der Waals surface area (Å²) in [5.41, 5.74) is 1.65. The summed E-state index contributed by atoms with van der Waals surface area (Å²) >= 11 is 0. The van der Waals surface area contributed by atoms with Gasteiger partial charge in [0.05, 0.1) is 18.6 Å². The summed E-state index contributed by atoms with van der Waals surface area (Å²) in [7, 11) is 0. The van der Waals surface area contributed by atoms with Crippen LogP contribution in [0.25, 0.3) is 0 Å². The molecule has 0 amide bonds. The molecule has 1 N–H and O–H groups in total. The zero-order chi connectivity index (χ0) is 29.8. The van der Waals surface area contributed by atoms with Gasteiger partial charge in [0.1, 0.15) is 6.10 Å². The molecule has 5 aliphatic carbocycles. The molecule has 0 bridgehead atoms. The molecule has 0 aromatic rings. The molecule has 5 saturated carbocycles. The van der Waals surface area contributed by atoms with Gasteiger partial charge in [0.15, 0.2) is 0 Å². The van der Waals surface area contributed by atoms with Crippen LogP contribution in [0.15, 0.2) is 12.2 Å². The Morgan fingerprint density at radius 3 is 2.27 bits per heavy atom. The van der Waals surface area contributed by atoms with E-state index in [0.717, 1.165) is 38.5 Å². The topological polar surface area (TPSA) is 72.8 Å². The van der Waals surface area contributed by atoms with Crippen molar-refractivity contribution in [1.29, 1.82) is 0 Å². The summed E-state index contributed by atoms with van der Waals surface area (Å²) in [6, 6.07) is 0. The number of carbonyl (C=O) groups is 2. The van der Waals surface area contributed by atoms with Gasteiger partial charge in [0.25, 0.3) is 0 Å². The van der Waals surface area contributed by atoms with Crippen molar-refractivity contribution >= 4 is 11.9 Å². The van der Waals surface area contributed by atoms with Gasteiger partial charge >= 0.3 is 11.9 Å². The third-order valence-electron chi connectivity index (χ3n) is 15.3. The maximum absolute atomic E-state index is 12.7. The monoisotopic (exact) mass is 568 g/mol. The number of fused-ring (bicyclic) bond motifs is 7. The first kappa shape index (κ1) is 29.7. The minimum atomic E-state index is -0.618. The van der Waals surface area contributed by atoms with E-state index in [4.69, 9.17) is 9.47 Å². The number of rotatable bonds is 4. The van der Waals surface area contributed by atoms with Crippen LogP contribution in [0.1, 0.15) is 119 Å². The SMILES string of the molecule is C=C(C)[C@@H]1CC[C@]2([C@H](O)[C@H]3CCOC3=O)CC[C@]3(C)[C@H](CC[C@@H]4[C@@]5(C)CC[C@H](OC(C)=O)C(C)(C)[C@@H]5CC[C@]43C)[C@@H]12. The average Bonchev–Trinajstić information content (AvgIpc) is 3.50. The van der Waals surface area contributed by atoms with Crippen molar-refractivity contribution in [3.63, 3.8) is 0 Å². The third kappa shape index (κ3) is 3.88. The summed E-state index contributed by atoms with van der Waals surface area (Å²) in [6.45, 7) is 21.3. The van der Waals surface area contributed by atoms with Gasteiger partial charge in [-0.25, -0.2) is 0 Å². The van der Waals surface area contributed by atoms with Crippen LogP contribution in [-0.4, -0.2) is 35.9 Å². The highest BCUT2D eigenvalue weighted by atomic mass is 16.5. The van der Waals surface area contributed by atoms with Gasteiger partial charge in [-0.3, -0.25) is 9.59 Å². The molecule has 5 heteroatoms. The quantitative estimate of drug-likeness (QED) is 0.281. The second-order valence-electron chi connectivity index (χ2n) is 16.9. The highest BCUT2D eigenvalue weighted by molar-refractivity contribution is 5.75. The molecule has 0 aromatic heterocycles. The van der Waals surface area contributed by atoms with Crippen LogP contribution in [0, 0.1) is 62.6 Å². The molecule has 1 heterocycles. The number of hydrogen-bond donors (Lipinski definition) is 1. The minimum absolute atomic E-state index is 0.00299. The van der Waals surface area contributed by atoms with E-state index in [0.29, 0.717) is 42.6 Å². The van der Waals surface area contributed by atoms with Crippen molar-refractivity contribution in [3.8, 4) is 0 Å². The lowest BCUT2D eigenvalue weighted by Gasteiger charge is -2.73. The summed E-state index contributed by atoms with van der Waals surface area (Å²) in [6.07, 6.45) is 11.2. The number of ether oxygens (including phenoxy) is 2. The normalized spacial score (nSPS) is 50.9. The molecular formula is C36H56O5. The van der Waals surface area contributed by atoms with E-state index in [-0.39, 0.29) is 51.0 Å². The van der Waals surface area contributed by atoms with E-state index in [1.165, 1.54) is 31.3 Å². The number of cyclic esters (lactones) is 1. The highest BCUT2D eigenvalue weighted by Crippen LogP contribution is 2.78. The molecule has 0 aromatic carbocycles. The Kier molecular flexibility index (Phi) is 6.93. The molecule has 1 saturated heterocycles. The van der Waals surface area contributed by atoms with E-state index in [9.17, 15) is 14.7 Å². The van der Waals surface area contributed by atoms with Crippen LogP contribution in [0.3, 0.4) is 0 Å². The second-order valence-corrected chi connectivity index (χ2v) is 16.9. The van der Waals surface area contributed by atoms with Gasteiger partial charge in [-0.05, 0) is 123 Å². The number of aliphatic hydroxyl groups is 1. The number of allylic oxidation sites excluding steroid dienone is 1. The van der Waals surface area contributed by atoms with E-state index in [2.05, 4.69) is 48.1 Å². The Morgan fingerprint density at radius 2 is 1.63 bits per heavy atom. The summed E-state index contributed by atoms with van der Waals surface area (Å²) in [5.74, 6) is 1.78. The molecule has 0 unspecified atom stereocenters. The fraction of sp³-hybridized carbons (Fsp3) is 0.889. The molecule has 5 nitrogen and oxygen atoms in total. The first-order valence-electron chi connectivity index (χ1n) is 16.8. The number of esters is 2. The van der Waals surface area contributed by atoms with Crippen LogP contribution >= 0.6 is 0 Å². The van der Waals surface area contributed by atoms with Crippen LogP contribution in [-0.2, 0) is 19.1 Å². The largest absolute Gasteiger partial charge is 0.465 e. The van der Waals surface area contributed by atoms with Gasteiger partial charge in [0.2, 0.25) is 0 Å². The predicted molar refractivity (Wildman–Crippen MR) is 160 cm³/mol. The van der Waals surface area contributed by atoms with Gasteiger partial charge in [-0.15, -0.1) is 0 Å². The van der Waals surface area contributed by atoms with Gasteiger partial charge in [-0.1, -0.05) is 46.8 Å². The van der Waals surface area contributed by atoms with E-state index in [1.54, 1.807) is 6.92 Å². The highest BCUT2D eigenvalue weighted by Gasteiger charge is 2.72.